The summed E-state index contributed by atoms with van der Waals surface area (Å²) in [6.45, 7) is 2.41. The summed E-state index contributed by atoms with van der Waals surface area (Å²) >= 11 is 7.04. The normalized spacial score (nSPS) is 11.0. The van der Waals surface area contributed by atoms with Crippen LogP contribution in [0, 0.1) is 6.92 Å². The number of benzene rings is 1. The van der Waals surface area contributed by atoms with E-state index in [1.807, 2.05) is 31.2 Å². The standard InChI is InChI=1S/C17H17ClN4O2S/c1-10-8-13-15(20-10)16(24)22-17(21-13)25-9-14(23)19-7-6-11-2-4-12(18)5-3-11/h2-5,8,20H,6-7,9H2,1H3,(H,19,23)(H,21,22,24). The van der Waals surface area contributed by atoms with Gasteiger partial charge in [-0.3, -0.25) is 14.6 Å². The van der Waals surface area contributed by atoms with Crippen molar-refractivity contribution in [2.45, 2.75) is 18.5 Å². The second-order valence-corrected chi connectivity index (χ2v) is 7.00. The highest BCUT2D eigenvalue weighted by Gasteiger charge is 2.09. The number of hydrogen-bond donors (Lipinski definition) is 3. The lowest BCUT2D eigenvalue weighted by molar-refractivity contribution is -0.118. The number of hydrogen-bond acceptors (Lipinski definition) is 4. The molecular weight excluding hydrogens is 360 g/mol. The highest BCUT2D eigenvalue weighted by Crippen LogP contribution is 2.15. The summed E-state index contributed by atoms with van der Waals surface area (Å²) in [5.41, 5.74) is 2.80. The molecule has 0 atom stereocenters. The fourth-order valence-corrected chi connectivity index (χ4v) is 3.21. The summed E-state index contributed by atoms with van der Waals surface area (Å²) in [6, 6.07) is 9.34. The number of fused-ring (bicyclic) bond motifs is 1. The lowest BCUT2D eigenvalue weighted by Gasteiger charge is -2.05. The van der Waals surface area contributed by atoms with Crippen molar-refractivity contribution >= 4 is 40.3 Å². The minimum atomic E-state index is -0.233. The van der Waals surface area contributed by atoms with E-state index in [4.69, 9.17) is 11.6 Å². The Bertz CT molecular complexity index is 949. The van der Waals surface area contributed by atoms with E-state index >= 15 is 0 Å². The first kappa shape index (κ1) is 17.6. The number of carbonyl (C=O) groups excluding carboxylic acids is 1. The molecule has 2 heterocycles. The fraction of sp³-hybridized carbons (Fsp3) is 0.235. The van der Waals surface area contributed by atoms with Gasteiger partial charge in [0.15, 0.2) is 5.16 Å². The quantitative estimate of drug-likeness (QED) is 0.455. The fourth-order valence-electron chi connectivity index (χ4n) is 2.38. The lowest BCUT2D eigenvalue weighted by atomic mass is 10.1. The van der Waals surface area contributed by atoms with Gasteiger partial charge in [-0.15, -0.1) is 0 Å². The Morgan fingerprint density at radius 1 is 1.28 bits per heavy atom. The molecule has 0 spiro atoms. The first-order valence-electron chi connectivity index (χ1n) is 7.75. The molecule has 0 saturated carbocycles. The Labute approximate surface area is 153 Å². The van der Waals surface area contributed by atoms with Gasteiger partial charge in [0.25, 0.3) is 5.56 Å². The predicted molar refractivity (Wildman–Crippen MR) is 100 cm³/mol. The molecule has 1 aromatic carbocycles. The van der Waals surface area contributed by atoms with Gasteiger partial charge < -0.3 is 10.3 Å². The molecule has 0 saturated heterocycles. The second-order valence-electron chi connectivity index (χ2n) is 5.60. The van der Waals surface area contributed by atoms with Crippen LogP contribution in [0.2, 0.25) is 5.02 Å². The van der Waals surface area contributed by atoms with Gasteiger partial charge in [-0.05, 0) is 37.1 Å². The molecule has 3 N–H and O–H groups in total. The lowest BCUT2D eigenvalue weighted by Crippen LogP contribution is -2.27. The summed E-state index contributed by atoms with van der Waals surface area (Å²) in [7, 11) is 0. The van der Waals surface area contributed by atoms with Crippen LogP contribution in [0.4, 0.5) is 0 Å². The zero-order chi connectivity index (χ0) is 17.8. The van der Waals surface area contributed by atoms with Crippen molar-refractivity contribution in [1.82, 2.24) is 20.3 Å². The highest BCUT2D eigenvalue weighted by molar-refractivity contribution is 7.99. The maximum Gasteiger partial charge on any atom is 0.275 e. The van der Waals surface area contributed by atoms with Gasteiger partial charge in [0.05, 0.1) is 11.3 Å². The van der Waals surface area contributed by atoms with Crippen LogP contribution >= 0.6 is 23.4 Å². The van der Waals surface area contributed by atoms with Crippen LogP contribution in [-0.2, 0) is 11.2 Å². The zero-order valence-corrected chi connectivity index (χ0v) is 15.1. The number of thioether (sulfide) groups is 1. The maximum absolute atomic E-state index is 12.0. The van der Waals surface area contributed by atoms with Crippen molar-refractivity contribution in [3.05, 3.63) is 57.0 Å². The molecule has 6 nitrogen and oxygen atoms in total. The summed E-state index contributed by atoms with van der Waals surface area (Å²) in [4.78, 5) is 33.9. The number of amides is 1. The molecule has 0 radical (unpaired) electrons. The summed E-state index contributed by atoms with van der Waals surface area (Å²) in [6.07, 6.45) is 0.733. The first-order chi connectivity index (χ1) is 12.0. The number of H-pyrrole nitrogens is 2. The molecule has 2 aromatic heterocycles. The Morgan fingerprint density at radius 2 is 2.04 bits per heavy atom. The third-order valence-corrected chi connectivity index (χ3v) is 4.72. The van der Waals surface area contributed by atoms with E-state index in [1.165, 1.54) is 11.8 Å². The molecule has 3 rings (SSSR count). The van der Waals surface area contributed by atoms with Crippen molar-refractivity contribution in [3.8, 4) is 0 Å². The van der Waals surface area contributed by atoms with Gasteiger partial charge in [-0.1, -0.05) is 35.5 Å². The minimum absolute atomic E-state index is 0.105. The van der Waals surface area contributed by atoms with Crippen molar-refractivity contribution < 1.29 is 4.79 Å². The summed E-state index contributed by atoms with van der Waals surface area (Å²) in [5.74, 6) is 0.0883. The maximum atomic E-state index is 12.0. The van der Waals surface area contributed by atoms with E-state index in [0.717, 1.165) is 17.7 Å². The zero-order valence-electron chi connectivity index (χ0n) is 13.6. The second kappa shape index (κ2) is 7.76. The Hall–Kier alpha value is -2.25. The number of aromatic nitrogens is 3. The number of aryl methyl sites for hydroxylation is 1. The van der Waals surface area contributed by atoms with Crippen LogP contribution in [0.1, 0.15) is 11.3 Å². The van der Waals surface area contributed by atoms with Crippen LogP contribution in [-0.4, -0.2) is 33.2 Å². The topological polar surface area (TPSA) is 90.6 Å². The van der Waals surface area contributed by atoms with Crippen LogP contribution in [0.15, 0.2) is 40.3 Å². The van der Waals surface area contributed by atoms with Crippen LogP contribution in [0.3, 0.4) is 0 Å². The third-order valence-electron chi connectivity index (χ3n) is 3.59. The van der Waals surface area contributed by atoms with Crippen LogP contribution < -0.4 is 10.9 Å². The average molecular weight is 377 g/mol. The van der Waals surface area contributed by atoms with Gasteiger partial charge in [0.2, 0.25) is 5.91 Å². The molecule has 1 amide bonds. The Kier molecular flexibility index (Phi) is 5.45. The molecule has 25 heavy (non-hydrogen) atoms. The first-order valence-corrected chi connectivity index (χ1v) is 9.11. The van der Waals surface area contributed by atoms with Gasteiger partial charge in [0, 0.05) is 17.3 Å². The molecule has 8 heteroatoms. The summed E-state index contributed by atoms with van der Waals surface area (Å²) in [5, 5.41) is 3.98. The van der Waals surface area contributed by atoms with E-state index in [2.05, 4.69) is 20.3 Å². The van der Waals surface area contributed by atoms with Crippen molar-refractivity contribution in [3.63, 3.8) is 0 Å². The number of aromatic amines is 2. The van der Waals surface area contributed by atoms with E-state index < -0.39 is 0 Å². The Balaban J connectivity index is 1.50. The molecule has 3 aromatic rings. The van der Waals surface area contributed by atoms with Gasteiger partial charge >= 0.3 is 0 Å². The average Bonchev–Trinajstić information content (AvgIpc) is 2.96. The predicted octanol–water partition coefficient (Wildman–Crippen LogP) is 2.66. The van der Waals surface area contributed by atoms with E-state index in [-0.39, 0.29) is 17.2 Å². The molecule has 0 fully saturated rings. The van der Waals surface area contributed by atoms with Crippen molar-refractivity contribution in [2.24, 2.45) is 0 Å². The largest absolute Gasteiger partial charge is 0.355 e. The van der Waals surface area contributed by atoms with Crippen LogP contribution in [0.5, 0.6) is 0 Å². The molecule has 0 aliphatic rings. The summed E-state index contributed by atoms with van der Waals surface area (Å²) < 4.78 is 0. The number of nitrogens with zero attached hydrogens (tertiary/aromatic N) is 1. The monoisotopic (exact) mass is 376 g/mol. The number of carbonyl (C=O) groups is 1. The van der Waals surface area contributed by atoms with E-state index in [1.54, 1.807) is 6.07 Å². The third kappa shape index (κ3) is 4.64. The van der Waals surface area contributed by atoms with Crippen LogP contribution in [0.25, 0.3) is 11.0 Å². The van der Waals surface area contributed by atoms with Gasteiger partial charge in [-0.25, -0.2) is 4.98 Å². The molecular formula is C17H17ClN4O2S. The molecule has 0 aliphatic carbocycles. The highest BCUT2D eigenvalue weighted by atomic mass is 35.5. The molecule has 0 aliphatic heterocycles. The Morgan fingerprint density at radius 3 is 2.80 bits per heavy atom. The van der Waals surface area contributed by atoms with Crippen molar-refractivity contribution in [2.75, 3.05) is 12.3 Å². The van der Waals surface area contributed by atoms with Gasteiger partial charge in [0.1, 0.15) is 5.52 Å². The van der Waals surface area contributed by atoms with Gasteiger partial charge in [-0.2, -0.15) is 0 Å². The van der Waals surface area contributed by atoms with E-state index in [9.17, 15) is 9.59 Å². The molecule has 130 valence electrons. The van der Waals surface area contributed by atoms with Crippen molar-refractivity contribution in [1.29, 1.82) is 0 Å². The number of nitrogens with one attached hydrogen (secondary N) is 3. The number of rotatable bonds is 6. The van der Waals surface area contributed by atoms with E-state index in [0.29, 0.717) is 27.8 Å². The molecule has 0 unspecified atom stereocenters. The molecule has 0 bridgehead atoms. The smallest absolute Gasteiger partial charge is 0.275 e. The SMILES string of the molecule is Cc1cc2nc(SCC(=O)NCCc3ccc(Cl)cc3)[nH]c(=O)c2[nH]1. The minimum Gasteiger partial charge on any atom is -0.355 e. The number of halogens is 1.